The van der Waals surface area contributed by atoms with Gasteiger partial charge in [0.2, 0.25) is 5.17 Å². The van der Waals surface area contributed by atoms with Crippen molar-refractivity contribution >= 4 is 44.0 Å². The normalized spacial score (nSPS) is 10.2. The van der Waals surface area contributed by atoms with Crippen molar-refractivity contribution in [1.29, 1.82) is 0 Å². The van der Waals surface area contributed by atoms with Gasteiger partial charge in [-0.25, -0.2) is 10.0 Å². The van der Waals surface area contributed by atoms with Gasteiger partial charge in [-0.2, -0.15) is 0 Å². The molecule has 0 unspecified atom stereocenters. The fourth-order valence-electron chi connectivity index (χ4n) is 2.24. The topological polar surface area (TPSA) is 69.8 Å². The SMILES string of the molecule is CN(C)N(C(O)=S=C=S)c1ccc([N+](=O)[O-])cc1-c1ccccc1. The molecule has 2 aromatic rings. The molecular formula is C16H15N3O3S2. The van der Waals surface area contributed by atoms with E-state index in [0.29, 0.717) is 11.3 Å². The van der Waals surface area contributed by atoms with Crippen LogP contribution in [0.4, 0.5) is 11.4 Å². The molecule has 0 spiro atoms. The molecule has 0 saturated carbocycles. The number of hydrazine groups is 1. The maximum Gasteiger partial charge on any atom is 0.270 e. The minimum absolute atomic E-state index is 0.0233. The van der Waals surface area contributed by atoms with Crippen molar-refractivity contribution in [3.8, 4) is 11.1 Å². The number of rotatable bonds is 4. The number of hydrogen-bond donors (Lipinski definition) is 1. The van der Waals surface area contributed by atoms with Gasteiger partial charge < -0.3 is 5.11 Å². The highest BCUT2D eigenvalue weighted by Crippen LogP contribution is 2.34. The first kappa shape index (κ1) is 18.0. The minimum Gasteiger partial charge on any atom is -0.337 e. The molecule has 0 bridgehead atoms. The van der Waals surface area contributed by atoms with Crippen LogP contribution in [0.25, 0.3) is 11.1 Å². The molecule has 0 heterocycles. The Morgan fingerprint density at radius 2 is 1.92 bits per heavy atom. The average Bonchev–Trinajstić information content (AvgIpc) is 2.56. The Balaban J connectivity index is 2.75. The molecule has 1 N–H and O–H groups in total. The van der Waals surface area contributed by atoms with Crippen LogP contribution in [0.15, 0.2) is 48.5 Å². The Kier molecular flexibility index (Phi) is 5.97. The van der Waals surface area contributed by atoms with Gasteiger partial charge in [0, 0.05) is 36.1 Å². The predicted molar refractivity (Wildman–Crippen MR) is 103 cm³/mol. The summed E-state index contributed by atoms with van der Waals surface area (Å²) in [7, 11) is 4.36. The van der Waals surface area contributed by atoms with Crippen molar-refractivity contribution < 1.29 is 10.0 Å². The minimum atomic E-state index is -0.445. The molecule has 8 heteroatoms. The summed E-state index contributed by atoms with van der Waals surface area (Å²) in [5.41, 5.74) is 1.99. The van der Waals surface area contributed by atoms with E-state index < -0.39 is 4.92 Å². The molecule has 124 valence electrons. The maximum atomic E-state index is 11.1. The molecule has 0 aliphatic heterocycles. The summed E-state index contributed by atoms with van der Waals surface area (Å²) in [6, 6.07) is 13.8. The summed E-state index contributed by atoms with van der Waals surface area (Å²) in [4.78, 5) is 10.7. The lowest BCUT2D eigenvalue weighted by molar-refractivity contribution is -0.384. The number of hydrogen-bond acceptors (Lipinski definition) is 4. The van der Waals surface area contributed by atoms with Gasteiger partial charge in [0.05, 0.1) is 10.6 Å². The summed E-state index contributed by atoms with van der Waals surface area (Å²) in [5.74, 6) is 0. The zero-order valence-electron chi connectivity index (χ0n) is 13.0. The van der Waals surface area contributed by atoms with Gasteiger partial charge in [-0.1, -0.05) is 30.3 Å². The molecule has 0 amide bonds. The Labute approximate surface area is 148 Å². The van der Waals surface area contributed by atoms with E-state index in [9.17, 15) is 15.2 Å². The van der Waals surface area contributed by atoms with E-state index in [1.165, 1.54) is 17.1 Å². The molecule has 0 aliphatic carbocycles. The first-order valence-electron chi connectivity index (χ1n) is 6.87. The number of nitro benzene ring substituents is 1. The van der Waals surface area contributed by atoms with Crippen LogP contribution in [0.3, 0.4) is 0 Å². The Bertz CT molecular complexity index is 843. The molecule has 0 atom stereocenters. The van der Waals surface area contributed by atoms with E-state index in [-0.39, 0.29) is 10.9 Å². The van der Waals surface area contributed by atoms with Crippen molar-refractivity contribution in [1.82, 2.24) is 5.01 Å². The Hall–Kier alpha value is -2.35. The zero-order valence-corrected chi connectivity index (χ0v) is 14.7. The quantitative estimate of drug-likeness (QED) is 0.508. The highest BCUT2D eigenvalue weighted by molar-refractivity contribution is 8.04. The standard InChI is InChI=1S/C16H15N3O3S2/c1-17(2)18(16(20)24-11-23)15-9-8-13(19(21)22)10-14(15)12-6-4-3-5-7-12/h3-10,20H,1-2H3. The van der Waals surface area contributed by atoms with E-state index in [2.05, 4.69) is 16.5 Å². The van der Waals surface area contributed by atoms with Crippen LogP contribution >= 0.6 is 23.2 Å². The smallest absolute Gasteiger partial charge is 0.270 e. The Morgan fingerprint density at radius 3 is 2.46 bits per heavy atom. The average molecular weight is 361 g/mol. The molecule has 0 saturated heterocycles. The predicted octanol–water partition coefficient (Wildman–Crippen LogP) is 3.76. The lowest BCUT2D eigenvalue weighted by Crippen LogP contribution is -2.41. The van der Waals surface area contributed by atoms with Gasteiger partial charge in [0.25, 0.3) is 5.69 Å². The third kappa shape index (κ3) is 3.94. The molecule has 0 fully saturated rings. The number of nitrogens with zero attached hydrogens (tertiary/aromatic N) is 3. The summed E-state index contributed by atoms with van der Waals surface area (Å²) in [6.45, 7) is 0. The molecular weight excluding hydrogens is 346 g/mol. The molecule has 2 rings (SSSR count). The summed E-state index contributed by atoms with van der Waals surface area (Å²) >= 11 is 4.66. The highest BCUT2D eigenvalue weighted by Gasteiger charge is 2.20. The largest absolute Gasteiger partial charge is 0.337 e. The summed E-state index contributed by atoms with van der Waals surface area (Å²) < 4.78 is 2.40. The molecule has 6 nitrogen and oxygen atoms in total. The maximum absolute atomic E-state index is 11.1. The van der Waals surface area contributed by atoms with Gasteiger partial charge in [-0.05, 0) is 34.8 Å². The zero-order chi connectivity index (χ0) is 17.7. The number of benzene rings is 2. The van der Waals surface area contributed by atoms with Crippen molar-refractivity contribution in [2.75, 3.05) is 19.1 Å². The monoisotopic (exact) mass is 361 g/mol. The number of anilines is 1. The molecule has 2 aromatic carbocycles. The number of non-ortho nitro benzene ring substituents is 1. The molecule has 0 aromatic heterocycles. The fraction of sp³-hybridized carbons (Fsp3) is 0.125. The second kappa shape index (κ2) is 7.96. The van der Waals surface area contributed by atoms with Crippen molar-refractivity contribution in [2.45, 2.75) is 0 Å². The van der Waals surface area contributed by atoms with Crippen LogP contribution in [0.2, 0.25) is 0 Å². The lowest BCUT2D eigenvalue weighted by Gasteiger charge is -2.30. The second-order valence-corrected chi connectivity index (χ2v) is 6.19. The van der Waals surface area contributed by atoms with E-state index in [1.807, 2.05) is 30.3 Å². The van der Waals surface area contributed by atoms with Gasteiger partial charge in [0.1, 0.15) is 0 Å². The molecule has 0 radical (unpaired) electrons. The van der Waals surface area contributed by atoms with Crippen molar-refractivity contribution in [3.63, 3.8) is 0 Å². The van der Waals surface area contributed by atoms with Crippen molar-refractivity contribution in [3.05, 3.63) is 58.6 Å². The first-order valence-corrected chi connectivity index (χ1v) is 8.09. The van der Waals surface area contributed by atoms with E-state index in [0.717, 1.165) is 16.5 Å². The summed E-state index contributed by atoms with van der Waals surface area (Å²) in [6.07, 6.45) is 0. The van der Waals surface area contributed by atoms with E-state index in [1.54, 1.807) is 25.2 Å². The van der Waals surface area contributed by atoms with Gasteiger partial charge >= 0.3 is 0 Å². The third-order valence-electron chi connectivity index (χ3n) is 3.22. The molecule has 0 aliphatic rings. The number of thiocarbonyl (C=S) groups is 1. The number of aliphatic hydroxyl groups excluding tert-OH is 1. The van der Waals surface area contributed by atoms with Gasteiger partial charge in [-0.3, -0.25) is 10.1 Å². The van der Waals surface area contributed by atoms with Crippen LogP contribution in [0.5, 0.6) is 0 Å². The van der Waals surface area contributed by atoms with Crippen LogP contribution < -0.4 is 5.01 Å². The Morgan fingerprint density at radius 1 is 1.25 bits per heavy atom. The highest BCUT2D eigenvalue weighted by atomic mass is 32.1. The summed E-state index contributed by atoms with van der Waals surface area (Å²) in [5, 5.41) is 24.5. The number of nitro groups is 1. The second-order valence-electron chi connectivity index (χ2n) is 4.95. The number of aliphatic hydroxyl groups is 1. The van der Waals surface area contributed by atoms with Crippen LogP contribution in [-0.2, 0) is 0 Å². The van der Waals surface area contributed by atoms with Crippen LogP contribution in [-0.4, -0.2) is 38.6 Å². The van der Waals surface area contributed by atoms with Gasteiger partial charge in [-0.15, -0.1) is 0 Å². The van der Waals surface area contributed by atoms with E-state index in [4.69, 9.17) is 0 Å². The molecule has 24 heavy (non-hydrogen) atoms. The van der Waals surface area contributed by atoms with Gasteiger partial charge in [0.15, 0.2) is 0 Å². The van der Waals surface area contributed by atoms with E-state index >= 15 is 0 Å². The lowest BCUT2D eigenvalue weighted by atomic mass is 10.0. The fourth-order valence-corrected chi connectivity index (χ4v) is 2.89. The van der Waals surface area contributed by atoms with Crippen molar-refractivity contribution in [2.24, 2.45) is 0 Å². The first-order chi connectivity index (χ1) is 11.5. The van der Waals surface area contributed by atoms with Crippen LogP contribution in [0.1, 0.15) is 0 Å². The third-order valence-corrected chi connectivity index (χ3v) is 3.91. The van der Waals surface area contributed by atoms with Crippen LogP contribution in [0, 0.1) is 10.1 Å².